The van der Waals surface area contributed by atoms with Crippen LogP contribution < -0.4 is 11.1 Å². The summed E-state index contributed by atoms with van der Waals surface area (Å²) in [5, 5.41) is 13.6. The molecule has 21 heavy (non-hydrogen) atoms. The van der Waals surface area contributed by atoms with Crippen molar-refractivity contribution in [1.82, 2.24) is 5.32 Å². The van der Waals surface area contributed by atoms with E-state index in [0.29, 0.717) is 10.0 Å². The number of para-hydroxylation sites is 1. The molecule has 0 aromatic heterocycles. The highest BCUT2D eigenvalue weighted by Gasteiger charge is 2.17. The number of carbonyl (C=O) groups is 1. The molecule has 0 aliphatic rings. The fourth-order valence-electron chi connectivity index (χ4n) is 1.95. The van der Waals surface area contributed by atoms with Crippen molar-refractivity contribution in [3.63, 3.8) is 0 Å². The van der Waals surface area contributed by atoms with Crippen LogP contribution in [0.15, 0.2) is 36.4 Å². The Morgan fingerprint density at radius 1 is 1.29 bits per heavy atom. The number of phenols is 1. The average molecular weight is 325 g/mol. The van der Waals surface area contributed by atoms with E-state index in [1.54, 1.807) is 31.2 Å². The number of amides is 1. The molecular formula is C15H14Cl2N2O2. The molecule has 0 heterocycles. The summed E-state index contributed by atoms with van der Waals surface area (Å²) in [5.41, 5.74) is 6.58. The number of aromatic hydroxyl groups is 1. The third kappa shape index (κ3) is 3.40. The molecule has 0 aliphatic heterocycles. The molecule has 2 aromatic rings. The highest BCUT2D eigenvalue weighted by Crippen LogP contribution is 2.28. The van der Waals surface area contributed by atoms with Gasteiger partial charge in [-0.2, -0.15) is 0 Å². The summed E-state index contributed by atoms with van der Waals surface area (Å²) in [5.74, 6) is -0.664. The molecule has 1 amide bonds. The van der Waals surface area contributed by atoms with Gasteiger partial charge >= 0.3 is 0 Å². The molecule has 0 bridgehead atoms. The van der Waals surface area contributed by atoms with Crippen LogP contribution in [0.25, 0.3) is 0 Å². The summed E-state index contributed by atoms with van der Waals surface area (Å²) < 4.78 is 0. The summed E-state index contributed by atoms with van der Waals surface area (Å²) in [6.45, 7) is 1.79. The number of phenolic OH excluding ortho intramolecular Hbond substituents is 1. The van der Waals surface area contributed by atoms with E-state index in [1.165, 1.54) is 12.1 Å². The predicted molar refractivity (Wildman–Crippen MR) is 84.9 cm³/mol. The number of nitrogens with two attached hydrogens (primary N) is 1. The van der Waals surface area contributed by atoms with Gasteiger partial charge in [0.15, 0.2) is 5.75 Å². The van der Waals surface area contributed by atoms with Gasteiger partial charge in [0.2, 0.25) is 0 Å². The van der Waals surface area contributed by atoms with Crippen molar-refractivity contribution in [2.75, 3.05) is 5.73 Å². The van der Waals surface area contributed by atoms with E-state index in [-0.39, 0.29) is 23.0 Å². The second-order valence-corrected chi connectivity index (χ2v) is 5.45. The van der Waals surface area contributed by atoms with Gasteiger partial charge in [0.05, 0.1) is 17.3 Å². The summed E-state index contributed by atoms with van der Waals surface area (Å²) in [6.07, 6.45) is 0. The summed E-state index contributed by atoms with van der Waals surface area (Å²) in [7, 11) is 0. The Morgan fingerprint density at radius 3 is 2.67 bits per heavy atom. The van der Waals surface area contributed by atoms with E-state index in [9.17, 15) is 9.90 Å². The van der Waals surface area contributed by atoms with Crippen LogP contribution in [-0.4, -0.2) is 11.0 Å². The van der Waals surface area contributed by atoms with Crippen LogP contribution in [-0.2, 0) is 0 Å². The molecule has 0 spiro atoms. The number of hydrogen-bond acceptors (Lipinski definition) is 3. The van der Waals surface area contributed by atoms with Gasteiger partial charge in [-0.1, -0.05) is 35.3 Å². The van der Waals surface area contributed by atoms with Crippen LogP contribution in [0.5, 0.6) is 5.75 Å². The number of nitrogens with one attached hydrogen (secondary N) is 1. The number of halogens is 2. The van der Waals surface area contributed by atoms with Gasteiger partial charge in [0.1, 0.15) is 0 Å². The zero-order valence-electron chi connectivity index (χ0n) is 11.2. The lowest BCUT2D eigenvalue weighted by Crippen LogP contribution is -2.27. The monoisotopic (exact) mass is 324 g/mol. The standard InChI is InChI=1S/C15H14Cl2N2O2/c1-8(10-6-5-9(16)7-12(10)17)19-15(21)11-3-2-4-13(18)14(11)20/h2-8,20H,18H2,1H3,(H,19,21). The summed E-state index contributed by atoms with van der Waals surface area (Å²) in [4.78, 5) is 12.2. The van der Waals surface area contributed by atoms with Crippen LogP contribution in [0, 0.1) is 0 Å². The van der Waals surface area contributed by atoms with Gasteiger partial charge in [0.25, 0.3) is 5.91 Å². The molecule has 0 saturated heterocycles. The number of benzene rings is 2. The predicted octanol–water partition coefficient (Wildman–Crippen LogP) is 3.77. The normalized spacial score (nSPS) is 12.0. The molecule has 1 atom stereocenters. The molecular weight excluding hydrogens is 311 g/mol. The largest absolute Gasteiger partial charge is 0.505 e. The van der Waals surface area contributed by atoms with Crippen LogP contribution >= 0.6 is 23.2 Å². The van der Waals surface area contributed by atoms with Gasteiger partial charge in [-0.3, -0.25) is 4.79 Å². The quantitative estimate of drug-likeness (QED) is 0.594. The van der Waals surface area contributed by atoms with Gasteiger partial charge in [-0.15, -0.1) is 0 Å². The van der Waals surface area contributed by atoms with Crippen LogP contribution in [0.3, 0.4) is 0 Å². The Labute approximate surface area is 132 Å². The maximum Gasteiger partial charge on any atom is 0.255 e. The molecule has 0 aliphatic carbocycles. The molecule has 4 nitrogen and oxygen atoms in total. The zero-order chi connectivity index (χ0) is 15.6. The van der Waals surface area contributed by atoms with E-state index in [0.717, 1.165) is 5.56 Å². The first-order valence-electron chi connectivity index (χ1n) is 6.23. The van der Waals surface area contributed by atoms with E-state index in [1.807, 2.05) is 0 Å². The van der Waals surface area contributed by atoms with E-state index < -0.39 is 5.91 Å². The molecule has 2 aromatic carbocycles. The molecule has 110 valence electrons. The average Bonchev–Trinajstić information content (AvgIpc) is 2.41. The second kappa shape index (κ2) is 6.24. The smallest absolute Gasteiger partial charge is 0.255 e. The van der Waals surface area contributed by atoms with Crippen molar-refractivity contribution in [2.24, 2.45) is 0 Å². The first-order valence-corrected chi connectivity index (χ1v) is 6.99. The van der Waals surface area contributed by atoms with Gasteiger partial charge in [-0.25, -0.2) is 0 Å². The maximum absolute atomic E-state index is 12.2. The van der Waals surface area contributed by atoms with Crippen molar-refractivity contribution in [3.05, 3.63) is 57.6 Å². The zero-order valence-corrected chi connectivity index (χ0v) is 12.7. The second-order valence-electron chi connectivity index (χ2n) is 4.60. The number of hydrogen-bond donors (Lipinski definition) is 3. The van der Waals surface area contributed by atoms with Crippen molar-refractivity contribution < 1.29 is 9.90 Å². The van der Waals surface area contributed by atoms with Gasteiger partial charge < -0.3 is 16.2 Å². The number of carbonyl (C=O) groups excluding carboxylic acids is 1. The third-order valence-electron chi connectivity index (χ3n) is 3.09. The van der Waals surface area contributed by atoms with E-state index in [2.05, 4.69) is 5.32 Å². The number of anilines is 1. The SMILES string of the molecule is CC(NC(=O)c1cccc(N)c1O)c1ccc(Cl)cc1Cl. The Bertz CT molecular complexity index is 689. The van der Waals surface area contributed by atoms with E-state index in [4.69, 9.17) is 28.9 Å². The first kappa shape index (κ1) is 15.5. The minimum atomic E-state index is -0.432. The van der Waals surface area contributed by atoms with Crippen LogP contribution in [0.1, 0.15) is 28.9 Å². The van der Waals surface area contributed by atoms with E-state index >= 15 is 0 Å². The minimum Gasteiger partial charge on any atom is -0.505 e. The van der Waals surface area contributed by atoms with Crippen LogP contribution in [0.2, 0.25) is 10.0 Å². The lowest BCUT2D eigenvalue weighted by atomic mass is 10.1. The molecule has 0 fully saturated rings. The summed E-state index contributed by atoms with van der Waals surface area (Å²) >= 11 is 11.9. The molecule has 0 saturated carbocycles. The molecule has 6 heteroatoms. The molecule has 4 N–H and O–H groups in total. The fourth-order valence-corrected chi connectivity index (χ4v) is 2.52. The summed E-state index contributed by atoms with van der Waals surface area (Å²) in [6, 6.07) is 9.33. The first-order chi connectivity index (χ1) is 9.90. The Hall–Kier alpha value is -1.91. The molecule has 2 rings (SSSR count). The number of nitrogen functional groups attached to an aromatic ring is 1. The lowest BCUT2D eigenvalue weighted by Gasteiger charge is -2.16. The highest BCUT2D eigenvalue weighted by atomic mass is 35.5. The van der Waals surface area contributed by atoms with Crippen molar-refractivity contribution in [3.8, 4) is 5.75 Å². The van der Waals surface area contributed by atoms with Crippen molar-refractivity contribution >= 4 is 34.8 Å². The molecule has 1 unspecified atom stereocenters. The number of rotatable bonds is 3. The Kier molecular flexibility index (Phi) is 4.60. The Balaban J connectivity index is 2.21. The van der Waals surface area contributed by atoms with Gasteiger partial charge in [0, 0.05) is 10.0 Å². The van der Waals surface area contributed by atoms with Crippen molar-refractivity contribution in [2.45, 2.75) is 13.0 Å². The highest BCUT2D eigenvalue weighted by molar-refractivity contribution is 6.35. The topological polar surface area (TPSA) is 75.4 Å². The third-order valence-corrected chi connectivity index (χ3v) is 3.65. The Morgan fingerprint density at radius 2 is 2.00 bits per heavy atom. The minimum absolute atomic E-state index is 0.118. The fraction of sp³-hybridized carbons (Fsp3) is 0.133. The van der Waals surface area contributed by atoms with Crippen molar-refractivity contribution in [1.29, 1.82) is 0 Å². The maximum atomic E-state index is 12.2. The van der Waals surface area contributed by atoms with Gasteiger partial charge in [-0.05, 0) is 36.8 Å². The van der Waals surface area contributed by atoms with Crippen LogP contribution in [0.4, 0.5) is 5.69 Å². The molecule has 0 radical (unpaired) electrons. The lowest BCUT2D eigenvalue weighted by molar-refractivity contribution is 0.0937.